The first kappa shape index (κ1) is 15.4. The van der Waals surface area contributed by atoms with Crippen LogP contribution in [0.25, 0.3) is 11.0 Å². The van der Waals surface area contributed by atoms with Crippen molar-refractivity contribution in [1.29, 1.82) is 0 Å². The molecule has 0 N–H and O–H groups in total. The number of thiophene rings is 1. The number of para-hydroxylation sites is 1. The van der Waals surface area contributed by atoms with Gasteiger partial charge in [0.15, 0.2) is 11.5 Å². The number of fused-ring (bicyclic) bond motifs is 1. The van der Waals surface area contributed by atoms with Gasteiger partial charge in [0.2, 0.25) is 0 Å². The van der Waals surface area contributed by atoms with Gasteiger partial charge in [0, 0.05) is 10.9 Å². The van der Waals surface area contributed by atoms with E-state index in [0.29, 0.717) is 16.3 Å². The summed E-state index contributed by atoms with van der Waals surface area (Å²) in [6.07, 6.45) is 0. The Kier molecular flexibility index (Phi) is 4.14. The first-order chi connectivity index (χ1) is 12.3. The van der Waals surface area contributed by atoms with E-state index in [-0.39, 0.29) is 0 Å². The van der Waals surface area contributed by atoms with Gasteiger partial charge in [-0.2, -0.15) is 0 Å². The molecule has 4 rings (SSSR count). The fraction of sp³-hybridized carbons (Fsp3) is 0. The van der Waals surface area contributed by atoms with Crippen LogP contribution in [0.1, 0.15) is 21.0 Å². The Morgan fingerprint density at radius 1 is 0.960 bits per heavy atom. The van der Waals surface area contributed by atoms with Gasteiger partial charge >= 0.3 is 5.97 Å². The van der Waals surface area contributed by atoms with E-state index in [4.69, 9.17) is 9.25 Å². The smallest absolute Gasteiger partial charge is 0.375 e. The Morgan fingerprint density at radius 2 is 1.76 bits per heavy atom. The van der Waals surface area contributed by atoms with E-state index in [2.05, 4.69) is 5.16 Å². The van der Waals surface area contributed by atoms with Gasteiger partial charge in [0.1, 0.15) is 10.5 Å². The number of benzene rings is 2. The number of furan rings is 1. The average Bonchev–Trinajstić information content (AvgIpc) is 3.32. The van der Waals surface area contributed by atoms with Gasteiger partial charge in [-0.05, 0) is 23.6 Å². The van der Waals surface area contributed by atoms with Gasteiger partial charge in [0.05, 0.1) is 0 Å². The maximum absolute atomic E-state index is 12.1. The molecule has 0 saturated carbocycles. The van der Waals surface area contributed by atoms with E-state index in [1.165, 1.54) is 11.3 Å². The zero-order valence-electron chi connectivity index (χ0n) is 13.1. The van der Waals surface area contributed by atoms with Crippen LogP contribution < -0.4 is 0 Å². The molecule has 2 heterocycles. The molecule has 0 amide bonds. The van der Waals surface area contributed by atoms with E-state index in [1.807, 2.05) is 66.0 Å². The number of carbonyl (C=O) groups is 1. The molecule has 4 nitrogen and oxygen atoms in total. The van der Waals surface area contributed by atoms with Crippen LogP contribution in [0.2, 0.25) is 0 Å². The average molecular weight is 347 g/mol. The summed E-state index contributed by atoms with van der Waals surface area (Å²) in [4.78, 5) is 17.7. The van der Waals surface area contributed by atoms with Crippen LogP contribution in [-0.4, -0.2) is 11.7 Å². The molecule has 0 saturated heterocycles. The van der Waals surface area contributed by atoms with E-state index < -0.39 is 5.97 Å². The number of hydrogen-bond donors (Lipinski definition) is 0. The van der Waals surface area contributed by atoms with Crippen molar-refractivity contribution in [1.82, 2.24) is 0 Å². The third kappa shape index (κ3) is 3.22. The van der Waals surface area contributed by atoms with Crippen molar-refractivity contribution < 1.29 is 14.0 Å². The third-order valence-electron chi connectivity index (χ3n) is 3.65. The fourth-order valence-corrected chi connectivity index (χ4v) is 3.06. The minimum Gasteiger partial charge on any atom is -0.454 e. The van der Waals surface area contributed by atoms with Gasteiger partial charge < -0.3 is 9.25 Å². The molecule has 0 bridgehead atoms. The van der Waals surface area contributed by atoms with Crippen molar-refractivity contribution in [2.45, 2.75) is 0 Å². The zero-order chi connectivity index (χ0) is 17.1. The Bertz CT molecular complexity index is 1000. The van der Waals surface area contributed by atoms with E-state index in [9.17, 15) is 4.79 Å². The molecule has 0 spiro atoms. The lowest BCUT2D eigenvalue weighted by atomic mass is 10.1. The number of hydrogen-bond acceptors (Lipinski definition) is 5. The number of rotatable bonds is 4. The van der Waals surface area contributed by atoms with Crippen molar-refractivity contribution in [2.24, 2.45) is 5.16 Å². The molecule has 0 aliphatic carbocycles. The van der Waals surface area contributed by atoms with Crippen LogP contribution in [0, 0.1) is 0 Å². The highest BCUT2D eigenvalue weighted by Crippen LogP contribution is 2.22. The Labute approximate surface area is 148 Å². The number of oxime groups is 1. The standard InChI is InChI=1S/C20H13NO3S/c22-20(18-11-6-12-25-18)24-21-19(14-7-2-1-3-8-14)17-13-15-9-4-5-10-16(15)23-17/h1-13H/b21-19-. The number of carbonyl (C=O) groups excluding carboxylic acids is 1. The molecule has 122 valence electrons. The van der Waals surface area contributed by atoms with Gasteiger partial charge in [-0.25, -0.2) is 4.79 Å². The molecule has 2 aromatic carbocycles. The molecule has 4 aromatic rings. The monoisotopic (exact) mass is 347 g/mol. The second kappa shape index (κ2) is 6.75. The normalized spacial score (nSPS) is 11.6. The Balaban J connectivity index is 1.74. The van der Waals surface area contributed by atoms with Crippen LogP contribution in [0.15, 0.2) is 87.7 Å². The highest BCUT2D eigenvalue weighted by Gasteiger charge is 2.15. The lowest BCUT2D eigenvalue weighted by molar-refractivity contribution is 0.0522. The lowest BCUT2D eigenvalue weighted by Crippen LogP contribution is -2.06. The van der Waals surface area contributed by atoms with Crippen LogP contribution >= 0.6 is 11.3 Å². The van der Waals surface area contributed by atoms with Gasteiger partial charge in [-0.3, -0.25) is 0 Å². The molecule has 25 heavy (non-hydrogen) atoms. The van der Waals surface area contributed by atoms with E-state index in [1.54, 1.807) is 12.1 Å². The largest absolute Gasteiger partial charge is 0.454 e. The predicted molar refractivity (Wildman–Crippen MR) is 98.0 cm³/mol. The van der Waals surface area contributed by atoms with Crippen molar-refractivity contribution in [2.75, 3.05) is 0 Å². The number of nitrogens with zero attached hydrogens (tertiary/aromatic N) is 1. The highest BCUT2D eigenvalue weighted by atomic mass is 32.1. The molecule has 5 heteroatoms. The summed E-state index contributed by atoms with van der Waals surface area (Å²) in [5, 5.41) is 6.88. The van der Waals surface area contributed by atoms with Crippen LogP contribution in [0.5, 0.6) is 0 Å². The topological polar surface area (TPSA) is 51.8 Å². The first-order valence-electron chi connectivity index (χ1n) is 7.68. The first-order valence-corrected chi connectivity index (χ1v) is 8.56. The van der Waals surface area contributed by atoms with Gasteiger partial charge in [-0.15, -0.1) is 11.3 Å². The lowest BCUT2D eigenvalue weighted by Gasteiger charge is -2.03. The van der Waals surface area contributed by atoms with Crippen molar-refractivity contribution >= 4 is 34.0 Å². The van der Waals surface area contributed by atoms with Crippen LogP contribution in [0.4, 0.5) is 0 Å². The summed E-state index contributed by atoms with van der Waals surface area (Å²) in [6.45, 7) is 0. The second-order valence-corrected chi connectivity index (χ2v) is 6.26. The minimum absolute atomic E-state index is 0.474. The Morgan fingerprint density at radius 3 is 2.52 bits per heavy atom. The molecular formula is C20H13NO3S. The third-order valence-corrected chi connectivity index (χ3v) is 4.50. The highest BCUT2D eigenvalue weighted by molar-refractivity contribution is 7.11. The quantitative estimate of drug-likeness (QED) is 0.293. The van der Waals surface area contributed by atoms with Crippen molar-refractivity contribution in [3.63, 3.8) is 0 Å². The minimum atomic E-state index is -0.487. The van der Waals surface area contributed by atoms with E-state index in [0.717, 1.165) is 16.5 Å². The molecule has 0 unspecified atom stereocenters. The van der Waals surface area contributed by atoms with Gasteiger partial charge in [-0.1, -0.05) is 59.8 Å². The van der Waals surface area contributed by atoms with Crippen LogP contribution in [0.3, 0.4) is 0 Å². The van der Waals surface area contributed by atoms with Crippen LogP contribution in [-0.2, 0) is 4.84 Å². The summed E-state index contributed by atoms with van der Waals surface area (Å²) in [7, 11) is 0. The zero-order valence-corrected chi connectivity index (χ0v) is 13.9. The fourth-order valence-electron chi connectivity index (χ4n) is 2.46. The molecule has 0 aliphatic rings. The molecule has 2 aromatic heterocycles. The molecule has 0 radical (unpaired) electrons. The summed E-state index contributed by atoms with van der Waals surface area (Å²) in [5.74, 6) is 0.0610. The van der Waals surface area contributed by atoms with E-state index >= 15 is 0 Å². The maximum atomic E-state index is 12.1. The van der Waals surface area contributed by atoms with Crippen molar-refractivity contribution in [3.05, 3.63) is 94.4 Å². The summed E-state index contributed by atoms with van der Waals surface area (Å²) in [6, 6.07) is 22.6. The maximum Gasteiger partial charge on any atom is 0.375 e. The summed E-state index contributed by atoms with van der Waals surface area (Å²) < 4.78 is 5.89. The summed E-state index contributed by atoms with van der Waals surface area (Å²) >= 11 is 1.31. The van der Waals surface area contributed by atoms with Crippen molar-refractivity contribution in [3.8, 4) is 0 Å². The molecule has 0 atom stereocenters. The van der Waals surface area contributed by atoms with Gasteiger partial charge in [0.25, 0.3) is 0 Å². The molecule has 0 aliphatic heterocycles. The second-order valence-electron chi connectivity index (χ2n) is 5.31. The Hall–Kier alpha value is -3.18. The predicted octanol–water partition coefficient (Wildman–Crippen LogP) is 5.10. The SMILES string of the molecule is O=C(O/N=C(/c1ccccc1)c1cc2ccccc2o1)c1cccs1. The molecule has 0 fully saturated rings. The summed E-state index contributed by atoms with van der Waals surface area (Å²) in [5.41, 5.74) is 2.04. The molecular weight excluding hydrogens is 334 g/mol.